The molecule has 0 saturated carbocycles. The molecule has 0 bridgehead atoms. The number of piperidine rings is 1. The van der Waals surface area contributed by atoms with E-state index in [4.69, 9.17) is 0 Å². The Balaban J connectivity index is 1.93. The predicted octanol–water partition coefficient (Wildman–Crippen LogP) is 2.73. The molecule has 1 aliphatic heterocycles. The first-order valence-corrected chi connectivity index (χ1v) is 8.15. The largest absolute Gasteiger partial charge is 0.351 e. The average Bonchev–Trinajstić information content (AvgIpc) is 2.54. The molecular formula is C18H26N2O2. The summed E-state index contributed by atoms with van der Waals surface area (Å²) in [6, 6.07) is 9.90. The fourth-order valence-corrected chi connectivity index (χ4v) is 3.00. The van der Waals surface area contributed by atoms with Crippen molar-refractivity contribution in [3.05, 3.63) is 35.9 Å². The zero-order chi connectivity index (χ0) is 16.0. The summed E-state index contributed by atoms with van der Waals surface area (Å²) < 4.78 is 0. The number of benzene rings is 1. The van der Waals surface area contributed by atoms with Crippen molar-refractivity contribution in [2.45, 2.75) is 46.1 Å². The summed E-state index contributed by atoms with van der Waals surface area (Å²) in [5.41, 5.74) is 0.616. The third-order valence-corrected chi connectivity index (χ3v) is 4.36. The van der Waals surface area contributed by atoms with Crippen molar-refractivity contribution in [2.75, 3.05) is 13.1 Å². The molecule has 1 atom stereocenters. The van der Waals surface area contributed by atoms with Crippen LogP contribution >= 0.6 is 0 Å². The number of hydrogen-bond acceptors (Lipinski definition) is 2. The number of carbonyl (C=O) groups is 2. The van der Waals surface area contributed by atoms with Gasteiger partial charge < -0.3 is 10.2 Å². The van der Waals surface area contributed by atoms with Crippen LogP contribution in [-0.2, 0) is 16.1 Å². The van der Waals surface area contributed by atoms with Crippen LogP contribution in [0.15, 0.2) is 30.3 Å². The first kappa shape index (κ1) is 16.5. The standard InChI is InChI=1S/C18H26N2O2/c1-3-8-16(21)20-12-7-11-18(2,14-20)17(22)19-13-15-9-5-4-6-10-15/h4-6,9-10H,3,7-8,11-14H2,1-2H3,(H,19,22)/t18-/m1/s1. The van der Waals surface area contributed by atoms with Gasteiger partial charge in [-0.3, -0.25) is 9.59 Å². The summed E-state index contributed by atoms with van der Waals surface area (Å²) in [6.07, 6.45) is 3.15. The fraction of sp³-hybridized carbons (Fsp3) is 0.556. The molecule has 1 aromatic carbocycles. The number of amides is 2. The Kier molecular flexibility index (Phi) is 5.58. The predicted molar refractivity (Wildman–Crippen MR) is 87.1 cm³/mol. The Labute approximate surface area is 132 Å². The van der Waals surface area contributed by atoms with Crippen LogP contribution in [0.4, 0.5) is 0 Å². The van der Waals surface area contributed by atoms with Crippen molar-refractivity contribution in [3.63, 3.8) is 0 Å². The van der Waals surface area contributed by atoms with E-state index in [1.54, 1.807) is 0 Å². The van der Waals surface area contributed by atoms with Gasteiger partial charge in [-0.2, -0.15) is 0 Å². The molecule has 2 amide bonds. The number of hydrogen-bond donors (Lipinski definition) is 1. The molecule has 4 nitrogen and oxygen atoms in total. The highest BCUT2D eigenvalue weighted by atomic mass is 16.2. The summed E-state index contributed by atoms with van der Waals surface area (Å²) in [5, 5.41) is 3.02. The van der Waals surface area contributed by atoms with Gasteiger partial charge in [0.2, 0.25) is 11.8 Å². The molecule has 120 valence electrons. The molecule has 1 aliphatic rings. The monoisotopic (exact) mass is 302 g/mol. The molecule has 0 unspecified atom stereocenters. The highest BCUT2D eigenvalue weighted by Crippen LogP contribution is 2.30. The lowest BCUT2D eigenvalue weighted by Gasteiger charge is -2.39. The summed E-state index contributed by atoms with van der Waals surface area (Å²) in [5.74, 6) is 0.217. The molecule has 1 heterocycles. The van der Waals surface area contributed by atoms with Gasteiger partial charge in [-0.1, -0.05) is 37.3 Å². The van der Waals surface area contributed by atoms with E-state index in [-0.39, 0.29) is 11.8 Å². The summed E-state index contributed by atoms with van der Waals surface area (Å²) in [7, 11) is 0. The van der Waals surface area contributed by atoms with Crippen LogP contribution in [0.2, 0.25) is 0 Å². The molecule has 1 aromatic rings. The summed E-state index contributed by atoms with van der Waals surface area (Å²) in [4.78, 5) is 26.5. The number of rotatable bonds is 5. The lowest BCUT2D eigenvalue weighted by Crippen LogP contribution is -2.51. The van der Waals surface area contributed by atoms with Crippen LogP contribution < -0.4 is 5.32 Å². The van der Waals surface area contributed by atoms with E-state index in [0.29, 0.717) is 19.5 Å². The highest BCUT2D eigenvalue weighted by Gasteiger charge is 2.38. The fourth-order valence-electron chi connectivity index (χ4n) is 3.00. The number of nitrogens with one attached hydrogen (secondary N) is 1. The topological polar surface area (TPSA) is 49.4 Å². The first-order valence-electron chi connectivity index (χ1n) is 8.15. The van der Waals surface area contributed by atoms with Crippen molar-refractivity contribution in [1.29, 1.82) is 0 Å². The molecular weight excluding hydrogens is 276 g/mol. The Hall–Kier alpha value is -1.84. The van der Waals surface area contributed by atoms with E-state index in [1.807, 2.05) is 49.1 Å². The van der Waals surface area contributed by atoms with Crippen molar-refractivity contribution in [1.82, 2.24) is 10.2 Å². The second kappa shape index (κ2) is 7.43. The minimum Gasteiger partial charge on any atom is -0.351 e. The molecule has 2 rings (SSSR count). The molecule has 0 radical (unpaired) electrons. The van der Waals surface area contributed by atoms with Crippen LogP contribution in [-0.4, -0.2) is 29.8 Å². The highest BCUT2D eigenvalue weighted by molar-refractivity contribution is 5.84. The van der Waals surface area contributed by atoms with Crippen molar-refractivity contribution >= 4 is 11.8 Å². The molecule has 0 aromatic heterocycles. The lowest BCUT2D eigenvalue weighted by atomic mass is 9.80. The van der Waals surface area contributed by atoms with E-state index < -0.39 is 5.41 Å². The first-order chi connectivity index (χ1) is 10.5. The van der Waals surface area contributed by atoms with Gasteiger partial charge >= 0.3 is 0 Å². The molecule has 0 aliphatic carbocycles. The van der Waals surface area contributed by atoms with Crippen LogP contribution in [0, 0.1) is 5.41 Å². The second-order valence-corrected chi connectivity index (χ2v) is 6.40. The summed E-state index contributed by atoms with van der Waals surface area (Å²) in [6.45, 7) is 5.83. The molecule has 1 N–H and O–H groups in total. The van der Waals surface area contributed by atoms with Gasteiger partial charge in [-0.05, 0) is 31.7 Å². The maximum absolute atomic E-state index is 12.6. The van der Waals surface area contributed by atoms with Gasteiger partial charge in [0, 0.05) is 26.1 Å². The van der Waals surface area contributed by atoms with E-state index in [0.717, 1.165) is 31.4 Å². The van der Waals surface area contributed by atoms with Crippen molar-refractivity contribution < 1.29 is 9.59 Å². The lowest BCUT2D eigenvalue weighted by molar-refractivity contribution is -0.140. The van der Waals surface area contributed by atoms with Gasteiger partial charge in [-0.15, -0.1) is 0 Å². The van der Waals surface area contributed by atoms with E-state index >= 15 is 0 Å². The van der Waals surface area contributed by atoms with E-state index in [1.165, 1.54) is 0 Å². The number of nitrogens with zero attached hydrogens (tertiary/aromatic N) is 1. The maximum atomic E-state index is 12.6. The molecule has 0 spiro atoms. The maximum Gasteiger partial charge on any atom is 0.227 e. The van der Waals surface area contributed by atoms with Crippen LogP contribution in [0.1, 0.15) is 45.1 Å². The zero-order valence-corrected chi connectivity index (χ0v) is 13.6. The van der Waals surface area contributed by atoms with Crippen molar-refractivity contribution in [2.24, 2.45) is 5.41 Å². The van der Waals surface area contributed by atoms with Gasteiger partial charge in [0.15, 0.2) is 0 Å². The van der Waals surface area contributed by atoms with Gasteiger partial charge in [-0.25, -0.2) is 0 Å². The van der Waals surface area contributed by atoms with Gasteiger partial charge in [0.05, 0.1) is 5.41 Å². The normalized spacial score (nSPS) is 21.5. The average molecular weight is 302 g/mol. The summed E-state index contributed by atoms with van der Waals surface area (Å²) >= 11 is 0. The second-order valence-electron chi connectivity index (χ2n) is 6.40. The smallest absolute Gasteiger partial charge is 0.227 e. The Morgan fingerprint density at radius 1 is 1.27 bits per heavy atom. The quantitative estimate of drug-likeness (QED) is 0.909. The minimum atomic E-state index is -0.476. The van der Waals surface area contributed by atoms with Gasteiger partial charge in [0.1, 0.15) is 0 Å². The number of likely N-dealkylation sites (tertiary alicyclic amines) is 1. The van der Waals surface area contributed by atoms with Crippen molar-refractivity contribution in [3.8, 4) is 0 Å². The minimum absolute atomic E-state index is 0.0466. The van der Waals surface area contributed by atoms with Crippen LogP contribution in [0.5, 0.6) is 0 Å². The Morgan fingerprint density at radius 3 is 2.68 bits per heavy atom. The third kappa shape index (κ3) is 4.09. The number of carbonyl (C=O) groups excluding carboxylic acids is 2. The Morgan fingerprint density at radius 2 is 2.00 bits per heavy atom. The van der Waals surface area contributed by atoms with E-state index in [9.17, 15) is 9.59 Å². The third-order valence-electron chi connectivity index (χ3n) is 4.36. The Bertz CT molecular complexity index is 515. The van der Waals surface area contributed by atoms with E-state index in [2.05, 4.69) is 5.32 Å². The zero-order valence-electron chi connectivity index (χ0n) is 13.6. The molecule has 22 heavy (non-hydrogen) atoms. The SMILES string of the molecule is CCCC(=O)N1CCC[C@@](C)(C(=O)NCc2ccccc2)C1. The molecule has 1 fully saturated rings. The van der Waals surface area contributed by atoms with Gasteiger partial charge in [0.25, 0.3) is 0 Å². The molecule has 4 heteroatoms. The molecule has 1 saturated heterocycles. The van der Waals surface area contributed by atoms with Crippen LogP contribution in [0.25, 0.3) is 0 Å². The van der Waals surface area contributed by atoms with Crippen LogP contribution in [0.3, 0.4) is 0 Å².